The van der Waals surface area contributed by atoms with Crippen LogP contribution >= 0.6 is 0 Å². The van der Waals surface area contributed by atoms with Gasteiger partial charge in [-0.2, -0.15) is 0 Å². The van der Waals surface area contributed by atoms with E-state index in [0.29, 0.717) is 18.7 Å². The first kappa shape index (κ1) is 14.4. The van der Waals surface area contributed by atoms with Crippen LogP contribution in [0, 0.1) is 11.7 Å². The van der Waals surface area contributed by atoms with Gasteiger partial charge in [-0.05, 0) is 37.4 Å². The Morgan fingerprint density at radius 1 is 1.42 bits per heavy atom. The highest BCUT2D eigenvalue weighted by Crippen LogP contribution is 2.28. The second-order valence-corrected chi connectivity index (χ2v) is 5.39. The van der Waals surface area contributed by atoms with E-state index in [1.807, 2.05) is 19.2 Å². The molecule has 0 atom stereocenters. The molecule has 1 saturated carbocycles. The molecule has 0 aliphatic heterocycles. The Hall–Kier alpha value is -0.970. The van der Waals surface area contributed by atoms with Crippen LogP contribution in [0.2, 0.25) is 0 Å². The summed E-state index contributed by atoms with van der Waals surface area (Å²) in [6.07, 6.45) is 2.63. The maximum Gasteiger partial charge on any atom is 0.128 e. The van der Waals surface area contributed by atoms with E-state index in [2.05, 4.69) is 4.90 Å². The van der Waals surface area contributed by atoms with Crippen LogP contribution in [0.4, 0.5) is 4.39 Å². The van der Waals surface area contributed by atoms with Crippen LogP contribution < -0.4 is 5.73 Å². The first-order valence-corrected chi connectivity index (χ1v) is 6.92. The Kier molecular flexibility index (Phi) is 5.31. The van der Waals surface area contributed by atoms with E-state index in [-0.39, 0.29) is 5.82 Å². The third kappa shape index (κ3) is 4.90. The van der Waals surface area contributed by atoms with Crippen LogP contribution in [-0.2, 0) is 17.8 Å². The largest absolute Gasteiger partial charge is 0.380 e. The van der Waals surface area contributed by atoms with E-state index >= 15 is 0 Å². The summed E-state index contributed by atoms with van der Waals surface area (Å²) in [5.41, 5.74) is 7.03. The Labute approximate surface area is 114 Å². The predicted molar refractivity (Wildman–Crippen MR) is 74.2 cm³/mol. The molecule has 0 saturated heterocycles. The summed E-state index contributed by atoms with van der Waals surface area (Å²) >= 11 is 0. The minimum atomic E-state index is -0.173. The summed E-state index contributed by atoms with van der Waals surface area (Å²) < 4.78 is 19.4. The molecule has 0 unspecified atom stereocenters. The number of rotatable bonds is 8. The smallest absolute Gasteiger partial charge is 0.128 e. The Balaban J connectivity index is 1.72. The lowest BCUT2D eigenvalue weighted by Gasteiger charge is -2.17. The molecule has 1 aliphatic rings. The number of ether oxygens (including phenoxy) is 1. The van der Waals surface area contributed by atoms with Crippen molar-refractivity contribution < 1.29 is 9.13 Å². The fourth-order valence-corrected chi connectivity index (χ4v) is 1.97. The average molecular weight is 266 g/mol. The highest BCUT2D eigenvalue weighted by atomic mass is 19.1. The van der Waals surface area contributed by atoms with Gasteiger partial charge in [0, 0.05) is 31.8 Å². The second kappa shape index (κ2) is 6.98. The number of nitrogens with zero attached hydrogens (tertiary/aromatic N) is 1. The molecule has 2 N–H and O–H groups in total. The van der Waals surface area contributed by atoms with Crippen molar-refractivity contribution in [2.24, 2.45) is 11.7 Å². The quantitative estimate of drug-likeness (QED) is 0.733. The zero-order valence-electron chi connectivity index (χ0n) is 11.6. The Morgan fingerprint density at radius 2 is 2.21 bits per heavy atom. The van der Waals surface area contributed by atoms with Gasteiger partial charge in [-0.1, -0.05) is 12.1 Å². The van der Waals surface area contributed by atoms with Crippen LogP contribution in [0.15, 0.2) is 18.2 Å². The summed E-state index contributed by atoms with van der Waals surface area (Å²) in [4.78, 5) is 2.08. The Bertz CT molecular complexity index is 407. The molecular formula is C15H23FN2O. The van der Waals surface area contributed by atoms with E-state index in [9.17, 15) is 4.39 Å². The molecule has 19 heavy (non-hydrogen) atoms. The molecule has 1 aromatic rings. The van der Waals surface area contributed by atoms with Crippen LogP contribution in [0.3, 0.4) is 0 Å². The normalized spacial score (nSPS) is 15.2. The van der Waals surface area contributed by atoms with Crippen molar-refractivity contribution in [3.8, 4) is 0 Å². The molecule has 0 heterocycles. The van der Waals surface area contributed by atoms with Gasteiger partial charge in [-0.15, -0.1) is 0 Å². The molecule has 1 aliphatic carbocycles. The highest BCUT2D eigenvalue weighted by Gasteiger charge is 2.20. The third-order valence-corrected chi connectivity index (χ3v) is 3.46. The van der Waals surface area contributed by atoms with Gasteiger partial charge in [0.25, 0.3) is 0 Å². The third-order valence-electron chi connectivity index (χ3n) is 3.46. The van der Waals surface area contributed by atoms with E-state index in [1.165, 1.54) is 18.9 Å². The van der Waals surface area contributed by atoms with Crippen molar-refractivity contribution in [3.05, 3.63) is 35.1 Å². The van der Waals surface area contributed by atoms with Crippen molar-refractivity contribution >= 4 is 0 Å². The molecule has 0 bridgehead atoms. The van der Waals surface area contributed by atoms with Gasteiger partial charge in [0.2, 0.25) is 0 Å². The predicted octanol–water partition coefficient (Wildman–Crippen LogP) is 2.14. The molecule has 0 amide bonds. The number of likely N-dealkylation sites (N-methyl/N-ethyl adjacent to an activating group) is 1. The fourth-order valence-electron chi connectivity index (χ4n) is 1.97. The zero-order chi connectivity index (χ0) is 13.7. The SMILES string of the molecule is CN(CCOCC1CC1)Cc1ccc(CN)cc1F. The molecule has 1 aromatic carbocycles. The number of hydrogen-bond acceptors (Lipinski definition) is 3. The average Bonchev–Trinajstić information content (AvgIpc) is 3.21. The number of halogens is 1. The summed E-state index contributed by atoms with van der Waals surface area (Å²) in [5, 5.41) is 0. The molecule has 3 nitrogen and oxygen atoms in total. The van der Waals surface area contributed by atoms with Gasteiger partial charge in [0.1, 0.15) is 5.82 Å². The summed E-state index contributed by atoms with van der Waals surface area (Å²) in [5.74, 6) is 0.625. The first-order chi connectivity index (χ1) is 9.19. The maximum absolute atomic E-state index is 13.8. The van der Waals surface area contributed by atoms with Gasteiger partial charge in [-0.3, -0.25) is 4.90 Å². The molecule has 1 fully saturated rings. The molecule has 106 valence electrons. The van der Waals surface area contributed by atoms with Gasteiger partial charge >= 0.3 is 0 Å². The lowest BCUT2D eigenvalue weighted by atomic mass is 10.1. The van der Waals surface area contributed by atoms with Crippen molar-refractivity contribution in [1.29, 1.82) is 0 Å². The standard InChI is InChI=1S/C15H23FN2O/c1-18(6-7-19-11-12-2-3-12)10-14-5-4-13(9-17)8-15(14)16/h4-5,8,12H,2-3,6-7,9-11,17H2,1H3. The van der Waals surface area contributed by atoms with Crippen LogP contribution in [0.5, 0.6) is 0 Å². The monoisotopic (exact) mass is 266 g/mol. The molecule has 0 aromatic heterocycles. The number of nitrogens with two attached hydrogens (primary N) is 1. The van der Waals surface area contributed by atoms with Gasteiger partial charge in [0.05, 0.1) is 6.61 Å². The fraction of sp³-hybridized carbons (Fsp3) is 0.600. The second-order valence-electron chi connectivity index (χ2n) is 5.39. The summed E-state index contributed by atoms with van der Waals surface area (Å²) in [6.45, 7) is 3.40. The Morgan fingerprint density at radius 3 is 2.84 bits per heavy atom. The lowest BCUT2D eigenvalue weighted by Crippen LogP contribution is -2.23. The topological polar surface area (TPSA) is 38.5 Å². The van der Waals surface area contributed by atoms with Gasteiger partial charge < -0.3 is 10.5 Å². The van der Waals surface area contributed by atoms with Crippen molar-refractivity contribution in [1.82, 2.24) is 4.90 Å². The van der Waals surface area contributed by atoms with Gasteiger partial charge in [-0.25, -0.2) is 4.39 Å². The van der Waals surface area contributed by atoms with Crippen LogP contribution in [0.25, 0.3) is 0 Å². The van der Waals surface area contributed by atoms with Gasteiger partial charge in [0.15, 0.2) is 0 Å². The number of hydrogen-bond donors (Lipinski definition) is 1. The van der Waals surface area contributed by atoms with Crippen LogP contribution in [0.1, 0.15) is 24.0 Å². The lowest BCUT2D eigenvalue weighted by molar-refractivity contribution is 0.101. The molecular weight excluding hydrogens is 243 g/mol. The molecule has 4 heteroatoms. The molecule has 0 radical (unpaired) electrons. The van der Waals surface area contributed by atoms with Crippen molar-refractivity contribution in [2.45, 2.75) is 25.9 Å². The minimum absolute atomic E-state index is 0.173. The highest BCUT2D eigenvalue weighted by molar-refractivity contribution is 5.24. The summed E-state index contributed by atoms with van der Waals surface area (Å²) in [7, 11) is 1.98. The van der Waals surface area contributed by atoms with E-state index < -0.39 is 0 Å². The van der Waals surface area contributed by atoms with Crippen LogP contribution in [-0.4, -0.2) is 31.7 Å². The van der Waals surface area contributed by atoms with E-state index in [4.69, 9.17) is 10.5 Å². The van der Waals surface area contributed by atoms with Crippen molar-refractivity contribution in [2.75, 3.05) is 26.8 Å². The molecule has 0 spiro atoms. The molecule has 2 rings (SSSR count). The number of benzene rings is 1. The maximum atomic E-state index is 13.8. The van der Waals surface area contributed by atoms with E-state index in [1.54, 1.807) is 0 Å². The van der Waals surface area contributed by atoms with Crippen molar-refractivity contribution in [3.63, 3.8) is 0 Å². The first-order valence-electron chi connectivity index (χ1n) is 6.92. The summed E-state index contributed by atoms with van der Waals surface area (Å²) in [6, 6.07) is 5.22. The zero-order valence-corrected chi connectivity index (χ0v) is 11.6. The van der Waals surface area contributed by atoms with E-state index in [0.717, 1.165) is 31.2 Å². The minimum Gasteiger partial charge on any atom is -0.380 e.